The van der Waals surface area contributed by atoms with E-state index in [2.05, 4.69) is 57.3 Å². The Morgan fingerprint density at radius 2 is 1.42 bits per heavy atom. The lowest BCUT2D eigenvalue weighted by Gasteiger charge is -2.42. The molecule has 4 nitrogen and oxygen atoms in total. The highest BCUT2D eigenvalue weighted by Gasteiger charge is 2.52. The number of hydrogen-bond donors (Lipinski definition) is 2. The molecular weight excluding hydrogens is 446 g/mol. The molecular formula is C32H37NO3. The zero-order valence-electron chi connectivity index (χ0n) is 22.0. The van der Waals surface area contributed by atoms with Crippen LogP contribution < -0.4 is 10.1 Å². The molecule has 1 heterocycles. The van der Waals surface area contributed by atoms with Crippen molar-refractivity contribution in [3.8, 4) is 28.0 Å². The van der Waals surface area contributed by atoms with Crippen molar-refractivity contribution in [2.24, 2.45) is 0 Å². The van der Waals surface area contributed by atoms with Crippen LogP contribution in [0.1, 0.15) is 75.4 Å². The minimum Gasteiger partial charge on any atom is -0.493 e. The first-order valence-corrected chi connectivity index (χ1v) is 13.1. The molecule has 0 radical (unpaired) electrons. The Morgan fingerprint density at radius 1 is 0.861 bits per heavy atom. The van der Waals surface area contributed by atoms with Gasteiger partial charge in [-0.15, -0.1) is 0 Å². The molecule has 2 fully saturated rings. The van der Waals surface area contributed by atoms with Gasteiger partial charge in [0.15, 0.2) is 0 Å². The average Bonchev–Trinajstić information content (AvgIpc) is 3.76. The molecule has 3 aromatic rings. The van der Waals surface area contributed by atoms with Crippen molar-refractivity contribution in [2.75, 3.05) is 6.61 Å². The second kappa shape index (κ2) is 9.08. The standard InChI is InChI=1S/C29H32O3.C3H5N/c1-6-32-26-14-12-21(19-7-9-20(10-8-19)27(30)31)17-23(26)22-11-13-24-25(18-22)29(4,5)16-15-28(24,2)3;1-2-3(1)4-2/h7-14,17-18H,6,15-16H2,1-5H3,(H,30,31);2-4H,1H2. The smallest absolute Gasteiger partial charge is 0.335 e. The molecule has 0 amide bonds. The van der Waals surface area contributed by atoms with Crippen LogP contribution in [0.15, 0.2) is 60.7 Å². The number of hydrogen-bond acceptors (Lipinski definition) is 3. The summed E-state index contributed by atoms with van der Waals surface area (Å²) in [5.41, 5.74) is 7.71. The maximum Gasteiger partial charge on any atom is 0.335 e. The van der Waals surface area contributed by atoms with Gasteiger partial charge in [0, 0.05) is 17.6 Å². The Kier molecular flexibility index (Phi) is 6.20. The summed E-state index contributed by atoms with van der Waals surface area (Å²) in [7, 11) is 0. The minimum atomic E-state index is -0.913. The number of carboxylic acids is 1. The number of carboxylic acid groups (broad SMARTS) is 1. The molecule has 36 heavy (non-hydrogen) atoms. The van der Waals surface area contributed by atoms with E-state index in [1.165, 1.54) is 30.4 Å². The highest BCUT2D eigenvalue weighted by atomic mass is 16.5. The number of aromatic carboxylic acids is 1. The average molecular weight is 484 g/mol. The first kappa shape index (κ1) is 24.6. The largest absolute Gasteiger partial charge is 0.493 e. The van der Waals surface area contributed by atoms with Crippen LogP contribution in [0.4, 0.5) is 0 Å². The Morgan fingerprint density at radius 3 is 1.97 bits per heavy atom. The zero-order chi connectivity index (χ0) is 25.7. The van der Waals surface area contributed by atoms with E-state index in [-0.39, 0.29) is 10.8 Å². The molecule has 0 spiro atoms. The minimum absolute atomic E-state index is 0.136. The fourth-order valence-electron chi connectivity index (χ4n) is 5.17. The third-order valence-corrected chi connectivity index (χ3v) is 8.02. The van der Waals surface area contributed by atoms with Crippen LogP contribution in [0.25, 0.3) is 22.3 Å². The first-order valence-electron chi connectivity index (χ1n) is 13.1. The van der Waals surface area contributed by atoms with Crippen LogP contribution in [0.2, 0.25) is 0 Å². The Hall–Kier alpha value is -3.11. The number of carbonyl (C=O) groups is 1. The van der Waals surface area contributed by atoms with E-state index in [9.17, 15) is 9.90 Å². The summed E-state index contributed by atoms with van der Waals surface area (Å²) in [6.45, 7) is 12.0. The van der Waals surface area contributed by atoms with E-state index in [1.807, 2.05) is 31.2 Å². The van der Waals surface area contributed by atoms with Crippen molar-refractivity contribution in [1.29, 1.82) is 0 Å². The predicted octanol–water partition coefficient (Wildman–Crippen LogP) is 7.20. The summed E-state index contributed by atoms with van der Waals surface area (Å²) in [5.74, 6) is -0.0465. The van der Waals surface area contributed by atoms with Crippen LogP contribution in [-0.2, 0) is 10.8 Å². The second-order valence-electron chi connectivity index (χ2n) is 11.7. The van der Waals surface area contributed by atoms with Crippen molar-refractivity contribution < 1.29 is 14.6 Å². The summed E-state index contributed by atoms with van der Waals surface area (Å²) in [6, 6.07) is 22.1. The SMILES string of the molecule is C1C2NC12.CCOc1ccc(-c2ccc(C(=O)O)cc2)cc1-c1ccc2c(c1)C(C)(C)CCC2(C)C. The Labute approximate surface area is 214 Å². The summed E-state index contributed by atoms with van der Waals surface area (Å²) >= 11 is 0. The van der Waals surface area contributed by atoms with Crippen LogP contribution in [0, 0.1) is 0 Å². The van der Waals surface area contributed by atoms with Crippen molar-refractivity contribution in [2.45, 2.75) is 76.8 Å². The molecule has 3 aromatic carbocycles. The highest BCUT2D eigenvalue weighted by molar-refractivity contribution is 5.88. The molecule has 1 saturated carbocycles. The van der Waals surface area contributed by atoms with Gasteiger partial charge < -0.3 is 15.2 Å². The monoisotopic (exact) mass is 483 g/mol. The molecule has 1 aliphatic heterocycles. The maximum atomic E-state index is 11.2. The molecule has 0 bridgehead atoms. The van der Waals surface area contributed by atoms with Gasteiger partial charge in [-0.1, -0.05) is 64.1 Å². The molecule has 4 heteroatoms. The maximum absolute atomic E-state index is 11.2. The molecule has 2 unspecified atom stereocenters. The number of benzene rings is 3. The summed E-state index contributed by atoms with van der Waals surface area (Å²) in [6.07, 6.45) is 3.84. The van der Waals surface area contributed by atoms with E-state index in [0.717, 1.165) is 40.1 Å². The number of fused-ring (bicyclic) bond motifs is 2. The fourth-order valence-corrected chi connectivity index (χ4v) is 5.17. The number of rotatable bonds is 5. The molecule has 6 rings (SSSR count). The van der Waals surface area contributed by atoms with Crippen LogP contribution >= 0.6 is 0 Å². The van der Waals surface area contributed by atoms with Crippen molar-refractivity contribution in [3.63, 3.8) is 0 Å². The number of ether oxygens (including phenoxy) is 1. The lowest BCUT2D eigenvalue weighted by molar-refractivity contribution is 0.0697. The van der Waals surface area contributed by atoms with Crippen LogP contribution in [0.3, 0.4) is 0 Å². The summed E-state index contributed by atoms with van der Waals surface area (Å²) < 4.78 is 5.99. The summed E-state index contributed by atoms with van der Waals surface area (Å²) in [4.78, 5) is 11.2. The summed E-state index contributed by atoms with van der Waals surface area (Å²) in [5, 5.41) is 12.4. The van der Waals surface area contributed by atoms with Crippen molar-refractivity contribution in [3.05, 3.63) is 77.4 Å². The molecule has 3 aliphatic rings. The predicted molar refractivity (Wildman–Crippen MR) is 146 cm³/mol. The second-order valence-corrected chi connectivity index (χ2v) is 11.7. The van der Waals surface area contributed by atoms with E-state index >= 15 is 0 Å². The zero-order valence-corrected chi connectivity index (χ0v) is 22.0. The van der Waals surface area contributed by atoms with Gasteiger partial charge in [0.25, 0.3) is 0 Å². The first-order chi connectivity index (χ1) is 17.1. The molecule has 1 saturated heterocycles. The van der Waals surface area contributed by atoms with Gasteiger partial charge in [-0.25, -0.2) is 4.79 Å². The van der Waals surface area contributed by atoms with Gasteiger partial charge in [-0.05, 0) is 89.1 Å². The molecule has 188 valence electrons. The van der Waals surface area contributed by atoms with Gasteiger partial charge in [-0.3, -0.25) is 0 Å². The van der Waals surface area contributed by atoms with Gasteiger partial charge in [0.2, 0.25) is 0 Å². The van der Waals surface area contributed by atoms with Gasteiger partial charge in [-0.2, -0.15) is 0 Å². The van der Waals surface area contributed by atoms with Gasteiger partial charge in [0.05, 0.1) is 12.2 Å². The number of nitrogens with one attached hydrogen (secondary N) is 1. The topological polar surface area (TPSA) is 68.5 Å². The van der Waals surface area contributed by atoms with E-state index < -0.39 is 5.97 Å². The van der Waals surface area contributed by atoms with Gasteiger partial charge in [0.1, 0.15) is 5.75 Å². The quantitative estimate of drug-likeness (QED) is 0.377. The Balaban J connectivity index is 0.000000594. The van der Waals surface area contributed by atoms with Crippen LogP contribution in [-0.4, -0.2) is 29.8 Å². The lowest BCUT2D eigenvalue weighted by Crippen LogP contribution is -2.33. The van der Waals surface area contributed by atoms with Crippen LogP contribution in [0.5, 0.6) is 5.75 Å². The van der Waals surface area contributed by atoms with E-state index in [1.54, 1.807) is 12.1 Å². The molecule has 2 N–H and O–H groups in total. The molecule has 2 aliphatic carbocycles. The fraction of sp³-hybridized carbons (Fsp3) is 0.406. The molecule has 2 atom stereocenters. The van der Waals surface area contributed by atoms with Gasteiger partial charge >= 0.3 is 5.97 Å². The highest BCUT2D eigenvalue weighted by Crippen LogP contribution is 2.47. The third kappa shape index (κ3) is 4.92. The van der Waals surface area contributed by atoms with E-state index in [4.69, 9.17) is 4.74 Å². The van der Waals surface area contributed by atoms with Crippen molar-refractivity contribution >= 4 is 5.97 Å². The lowest BCUT2D eigenvalue weighted by atomic mass is 9.63. The third-order valence-electron chi connectivity index (χ3n) is 8.02. The van der Waals surface area contributed by atoms with E-state index in [0.29, 0.717) is 12.2 Å². The van der Waals surface area contributed by atoms with Crippen molar-refractivity contribution in [1.82, 2.24) is 5.32 Å². The Bertz CT molecular complexity index is 1280. The molecule has 0 aromatic heterocycles. The normalized spacial score (nSPS) is 21.8.